The zero-order valence-corrected chi connectivity index (χ0v) is 22.8. The van der Waals surface area contributed by atoms with Gasteiger partial charge in [0.25, 0.3) is 0 Å². The molecule has 5 atom stereocenters. The normalized spacial score (nSPS) is 29.2. The van der Waals surface area contributed by atoms with Crippen molar-refractivity contribution in [3.8, 4) is 0 Å². The van der Waals surface area contributed by atoms with Gasteiger partial charge in [-0.05, 0) is 75.9 Å². The third-order valence-electron chi connectivity index (χ3n) is 7.97. The Balaban J connectivity index is 2.03. The molecule has 1 N–H and O–H groups in total. The minimum atomic E-state index is -1.97. The zero-order valence-electron chi connectivity index (χ0n) is 21.8. The second-order valence-electron chi connectivity index (χ2n) is 11.1. The SMILES string of the molecule is CCOC(=O)CCCC/C=C\[C@@H]1[C@H]2[C@@H](O[Si](C)(C)C(C)(C)C)CC(O)[C@]21CCC(=O)OCC. The number of aliphatic hydroxyl groups excluding tert-OH is 1. The summed E-state index contributed by atoms with van der Waals surface area (Å²) in [6, 6.07) is 0. The molecule has 0 radical (unpaired) electrons. The molecule has 0 aliphatic heterocycles. The first-order valence-corrected chi connectivity index (χ1v) is 15.6. The van der Waals surface area contributed by atoms with Crippen LogP contribution < -0.4 is 0 Å². The van der Waals surface area contributed by atoms with E-state index < -0.39 is 14.4 Å². The molecule has 190 valence electrons. The molecule has 0 amide bonds. The average molecular weight is 483 g/mol. The Kier molecular flexibility index (Phi) is 9.77. The Morgan fingerprint density at radius 2 is 1.67 bits per heavy atom. The monoisotopic (exact) mass is 482 g/mol. The molecule has 0 bridgehead atoms. The second kappa shape index (κ2) is 11.5. The summed E-state index contributed by atoms with van der Waals surface area (Å²) >= 11 is 0. The first-order chi connectivity index (χ1) is 15.4. The highest BCUT2D eigenvalue weighted by molar-refractivity contribution is 6.74. The number of allylic oxidation sites excluding steroid dienone is 2. The maximum Gasteiger partial charge on any atom is 0.305 e. The van der Waals surface area contributed by atoms with Gasteiger partial charge in [-0.3, -0.25) is 9.59 Å². The lowest BCUT2D eigenvalue weighted by Crippen LogP contribution is -2.44. The molecule has 2 aliphatic rings. The van der Waals surface area contributed by atoms with E-state index in [2.05, 4.69) is 46.0 Å². The minimum absolute atomic E-state index is 0.0292. The maximum absolute atomic E-state index is 12.1. The van der Waals surface area contributed by atoms with Crippen LogP contribution in [0.5, 0.6) is 0 Å². The van der Waals surface area contributed by atoms with Crippen molar-refractivity contribution >= 4 is 20.3 Å². The van der Waals surface area contributed by atoms with E-state index in [1.807, 2.05) is 13.8 Å². The molecule has 2 fully saturated rings. The van der Waals surface area contributed by atoms with Gasteiger partial charge in [0.2, 0.25) is 0 Å². The van der Waals surface area contributed by atoms with Crippen LogP contribution in [-0.4, -0.2) is 50.8 Å². The molecule has 6 nitrogen and oxygen atoms in total. The van der Waals surface area contributed by atoms with Gasteiger partial charge in [0.15, 0.2) is 8.32 Å². The molecule has 1 unspecified atom stereocenters. The summed E-state index contributed by atoms with van der Waals surface area (Å²) in [7, 11) is -1.97. The first kappa shape index (κ1) is 28.1. The molecular formula is C26H46O6Si. The van der Waals surface area contributed by atoms with E-state index in [-0.39, 0.29) is 40.3 Å². The largest absolute Gasteiger partial charge is 0.466 e. The summed E-state index contributed by atoms with van der Waals surface area (Å²) in [5.74, 6) is 0.132. The Labute approximate surface area is 201 Å². The van der Waals surface area contributed by atoms with Gasteiger partial charge in [0, 0.05) is 18.3 Å². The first-order valence-electron chi connectivity index (χ1n) is 12.7. The van der Waals surface area contributed by atoms with Gasteiger partial charge in [0.1, 0.15) is 0 Å². The molecule has 2 rings (SSSR count). The van der Waals surface area contributed by atoms with Crippen molar-refractivity contribution in [3.63, 3.8) is 0 Å². The number of esters is 2. The van der Waals surface area contributed by atoms with E-state index in [9.17, 15) is 14.7 Å². The summed E-state index contributed by atoms with van der Waals surface area (Å²) < 4.78 is 16.9. The predicted octanol–water partition coefficient (Wildman–Crippen LogP) is 5.40. The smallest absolute Gasteiger partial charge is 0.305 e. The Hall–Kier alpha value is -1.18. The van der Waals surface area contributed by atoms with E-state index in [0.717, 1.165) is 19.3 Å². The van der Waals surface area contributed by atoms with E-state index in [0.29, 0.717) is 38.9 Å². The average Bonchev–Trinajstić information content (AvgIpc) is 3.27. The molecule has 0 heterocycles. The van der Waals surface area contributed by atoms with Crippen LogP contribution in [0.1, 0.15) is 79.6 Å². The Bertz CT molecular complexity index is 697. The fourth-order valence-electron chi connectivity index (χ4n) is 5.16. The number of hydrogen-bond acceptors (Lipinski definition) is 6. The number of rotatable bonds is 13. The lowest BCUT2D eigenvalue weighted by molar-refractivity contribution is -0.144. The quantitative estimate of drug-likeness (QED) is 0.164. The number of ether oxygens (including phenoxy) is 2. The topological polar surface area (TPSA) is 82.1 Å². The van der Waals surface area contributed by atoms with E-state index in [1.165, 1.54) is 0 Å². The highest BCUT2D eigenvalue weighted by Gasteiger charge is 2.74. The van der Waals surface area contributed by atoms with E-state index >= 15 is 0 Å². The Morgan fingerprint density at radius 3 is 2.24 bits per heavy atom. The third-order valence-corrected chi connectivity index (χ3v) is 12.5. The minimum Gasteiger partial charge on any atom is -0.466 e. The molecule has 0 spiro atoms. The molecular weight excluding hydrogens is 436 g/mol. The summed E-state index contributed by atoms with van der Waals surface area (Å²) in [5.41, 5.74) is -0.290. The van der Waals surface area contributed by atoms with Crippen molar-refractivity contribution in [1.29, 1.82) is 0 Å². The van der Waals surface area contributed by atoms with Gasteiger partial charge in [-0.1, -0.05) is 32.9 Å². The van der Waals surface area contributed by atoms with Crippen molar-refractivity contribution in [2.75, 3.05) is 13.2 Å². The van der Waals surface area contributed by atoms with Crippen LogP contribution in [0.25, 0.3) is 0 Å². The summed E-state index contributed by atoms with van der Waals surface area (Å²) in [4.78, 5) is 23.5. The van der Waals surface area contributed by atoms with Gasteiger partial charge < -0.3 is 19.0 Å². The lowest BCUT2D eigenvalue weighted by atomic mass is 9.90. The van der Waals surface area contributed by atoms with Crippen molar-refractivity contribution in [1.82, 2.24) is 0 Å². The summed E-state index contributed by atoms with van der Waals surface area (Å²) in [6.45, 7) is 15.7. The fourth-order valence-corrected chi connectivity index (χ4v) is 6.52. The molecule has 7 heteroatoms. The number of carbonyl (C=O) groups is 2. The fraction of sp³-hybridized carbons (Fsp3) is 0.846. The third kappa shape index (κ3) is 6.70. The maximum atomic E-state index is 12.1. The molecule has 0 saturated heterocycles. The number of fused-ring (bicyclic) bond motifs is 1. The zero-order chi connectivity index (χ0) is 24.9. The van der Waals surface area contributed by atoms with Crippen LogP contribution in [-0.2, 0) is 23.5 Å². The van der Waals surface area contributed by atoms with Crippen molar-refractivity contribution in [2.24, 2.45) is 17.3 Å². The van der Waals surface area contributed by atoms with Crippen molar-refractivity contribution < 1.29 is 28.6 Å². The lowest BCUT2D eigenvalue weighted by Gasteiger charge is -2.39. The van der Waals surface area contributed by atoms with Crippen LogP contribution in [0.2, 0.25) is 18.1 Å². The van der Waals surface area contributed by atoms with Gasteiger partial charge in [-0.2, -0.15) is 0 Å². The van der Waals surface area contributed by atoms with Gasteiger partial charge in [-0.15, -0.1) is 0 Å². The van der Waals surface area contributed by atoms with Gasteiger partial charge in [-0.25, -0.2) is 0 Å². The molecule has 0 aromatic rings. The molecule has 33 heavy (non-hydrogen) atoms. The van der Waals surface area contributed by atoms with Crippen LogP contribution in [0.4, 0.5) is 0 Å². The van der Waals surface area contributed by atoms with E-state index in [4.69, 9.17) is 13.9 Å². The second-order valence-corrected chi connectivity index (χ2v) is 15.9. The summed E-state index contributed by atoms with van der Waals surface area (Å²) in [5, 5.41) is 11.2. The standard InChI is InChI=1S/C26H46O6Si/c1-8-30-22(28)15-13-11-10-12-14-19-24-20(32-33(6,7)25(3,4)5)18-21(27)26(19,24)17-16-23(29)31-9-2/h12,14,19-21,24,27H,8-11,13,15-18H2,1-7H3/b14-12-/t19-,20+,21?,24+,26-/m1/s1. The summed E-state index contributed by atoms with van der Waals surface area (Å²) in [6.07, 6.45) is 8.65. The molecule has 0 aromatic heterocycles. The predicted molar refractivity (Wildman–Crippen MR) is 132 cm³/mol. The number of hydrogen-bond donors (Lipinski definition) is 1. The highest BCUT2D eigenvalue weighted by Crippen LogP contribution is 2.72. The van der Waals surface area contributed by atoms with Crippen LogP contribution in [0, 0.1) is 17.3 Å². The Morgan fingerprint density at radius 1 is 1.06 bits per heavy atom. The van der Waals surface area contributed by atoms with Gasteiger partial charge in [0.05, 0.1) is 25.4 Å². The molecule has 2 aliphatic carbocycles. The number of unbranched alkanes of at least 4 members (excludes halogenated alkanes) is 2. The van der Waals surface area contributed by atoms with Crippen molar-refractivity contribution in [3.05, 3.63) is 12.2 Å². The van der Waals surface area contributed by atoms with Crippen LogP contribution >= 0.6 is 0 Å². The number of carbonyl (C=O) groups excluding carboxylic acids is 2. The van der Waals surface area contributed by atoms with Gasteiger partial charge >= 0.3 is 11.9 Å². The molecule has 2 saturated carbocycles. The van der Waals surface area contributed by atoms with E-state index in [1.54, 1.807) is 0 Å². The van der Waals surface area contributed by atoms with Crippen LogP contribution in [0.15, 0.2) is 12.2 Å². The number of aliphatic hydroxyl groups is 1. The van der Waals surface area contributed by atoms with Crippen LogP contribution in [0.3, 0.4) is 0 Å². The highest BCUT2D eigenvalue weighted by atomic mass is 28.4. The molecule has 0 aromatic carbocycles. The van der Waals surface area contributed by atoms with Crippen molar-refractivity contribution in [2.45, 2.75) is 110 Å².